The van der Waals surface area contributed by atoms with E-state index in [4.69, 9.17) is 16.3 Å². The van der Waals surface area contributed by atoms with E-state index in [1.165, 1.54) is 6.20 Å². The number of piperidine rings is 1. The number of halogens is 1. The number of hydrogen-bond acceptors (Lipinski definition) is 5. The molecule has 9 heteroatoms. The third kappa shape index (κ3) is 4.62. The second-order valence-corrected chi connectivity index (χ2v) is 6.99. The van der Waals surface area contributed by atoms with Gasteiger partial charge >= 0.3 is 0 Å². The van der Waals surface area contributed by atoms with E-state index in [1.807, 2.05) is 13.8 Å². The van der Waals surface area contributed by atoms with Crippen LogP contribution in [-0.4, -0.2) is 51.2 Å². The van der Waals surface area contributed by atoms with E-state index < -0.39 is 0 Å². The molecule has 2 aromatic heterocycles. The maximum atomic E-state index is 12.7. The molecule has 1 N–H and O–H groups in total. The first kappa shape index (κ1) is 20.1. The molecule has 1 aliphatic heterocycles. The van der Waals surface area contributed by atoms with Gasteiger partial charge < -0.3 is 15.0 Å². The highest BCUT2D eigenvalue weighted by molar-refractivity contribution is 6.32. The summed E-state index contributed by atoms with van der Waals surface area (Å²) in [6, 6.07) is 1.58. The second kappa shape index (κ2) is 9.05. The van der Waals surface area contributed by atoms with Gasteiger partial charge in [0.2, 0.25) is 11.8 Å². The number of amides is 2. The predicted octanol–water partition coefficient (Wildman–Crippen LogP) is 2.84. The van der Waals surface area contributed by atoms with Crippen LogP contribution in [0.25, 0.3) is 0 Å². The Morgan fingerprint density at radius 2 is 2.04 bits per heavy atom. The van der Waals surface area contributed by atoms with Gasteiger partial charge in [-0.15, -0.1) is 0 Å². The van der Waals surface area contributed by atoms with Crippen molar-refractivity contribution in [3.8, 4) is 5.88 Å². The average molecular weight is 406 g/mol. The highest BCUT2D eigenvalue weighted by Gasteiger charge is 2.28. The van der Waals surface area contributed by atoms with Gasteiger partial charge in [-0.2, -0.15) is 5.10 Å². The fourth-order valence-electron chi connectivity index (χ4n) is 3.16. The van der Waals surface area contributed by atoms with Crippen molar-refractivity contribution in [3.05, 3.63) is 35.2 Å². The van der Waals surface area contributed by atoms with Crippen LogP contribution in [0.5, 0.6) is 5.88 Å². The molecule has 0 aromatic carbocycles. The molecule has 150 valence electrons. The molecular weight excluding hydrogens is 382 g/mol. The Bertz CT molecular complexity index is 846. The minimum absolute atomic E-state index is 0.0338. The zero-order chi connectivity index (χ0) is 20.1. The first-order valence-electron chi connectivity index (χ1n) is 9.42. The third-order valence-corrected chi connectivity index (χ3v) is 4.98. The Kier molecular flexibility index (Phi) is 6.51. The molecule has 2 aromatic rings. The van der Waals surface area contributed by atoms with Gasteiger partial charge in [0.25, 0.3) is 5.91 Å². The number of rotatable bonds is 6. The zero-order valence-electron chi connectivity index (χ0n) is 16.0. The van der Waals surface area contributed by atoms with Crippen LogP contribution in [0.2, 0.25) is 5.02 Å². The number of likely N-dealkylation sites (tertiary alicyclic amines) is 1. The molecule has 1 aliphatic rings. The largest absolute Gasteiger partial charge is 0.477 e. The van der Waals surface area contributed by atoms with Crippen LogP contribution < -0.4 is 10.1 Å². The molecule has 0 bridgehead atoms. The first-order valence-corrected chi connectivity index (χ1v) is 9.80. The number of carbonyl (C=O) groups excluding carboxylic acids is 2. The summed E-state index contributed by atoms with van der Waals surface area (Å²) in [6.07, 6.45) is 6.14. The fraction of sp³-hybridized carbons (Fsp3) is 0.474. The second-order valence-electron chi connectivity index (χ2n) is 6.58. The Labute approximate surface area is 168 Å². The molecular formula is C19H24ClN5O3. The number of nitrogens with one attached hydrogen (secondary N) is 1. The summed E-state index contributed by atoms with van der Waals surface area (Å²) < 4.78 is 7.05. The number of anilines is 1. The molecule has 28 heavy (non-hydrogen) atoms. The van der Waals surface area contributed by atoms with Crippen molar-refractivity contribution < 1.29 is 14.3 Å². The quantitative estimate of drug-likeness (QED) is 0.798. The summed E-state index contributed by atoms with van der Waals surface area (Å²) in [5.41, 5.74) is 1.11. The van der Waals surface area contributed by atoms with E-state index in [2.05, 4.69) is 15.4 Å². The maximum Gasteiger partial charge on any atom is 0.255 e. The Hall–Kier alpha value is -2.61. The average Bonchev–Trinajstić information content (AvgIpc) is 3.16. The van der Waals surface area contributed by atoms with Crippen LogP contribution in [-0.2, 0) is 11.3 Å². The van der Waals surface area contributed by atoms with E-state index in [0.717, 1.165) is 6.54 Å². The van der Waals surface area contributed by atoms with Gasteiger partial charge in [-0.05, 0) is 32.8 Å². The Morgan fingerprint density at radius 1 is 1.29 bits per heavy atom. The van der Waals surface area contributed by atoms with Crippen molar-refractivity contribution >= 4 is 29.1 Å². The molecule has 0 unspecified atom stereocenters. The molecule has 0 spiro atoms. The van der Waals surface area contributed by atoms with E-state index in [0.29, 0.717) is 54.7 Å². The lowest BCUT2D eigenvalue weighted by Crippen LogP contribution is -2.41. The number of carbonyl (C=O) groups is 2. The molecule has 1 fully saturated rings. The molecule has 8 nitrogen and oxygen atoms in total. The van der Waals surface area contributed by atoms with Crippen LogP contribution in [0.1, 0.15) is 37.0 Å². The Morgan fingerprint density at radius 3 is 2.64 bits per heavy atom. The SMILES string of the molecule is CCOc1ncc(C(=O)N2CCC(C(=O)Nc3cnn(CC)c3)CC2)cc1Cl. The van der Waals surface area contributed by atoms with Gasteiger partial charge in [-0.1, -0.05) is 11.6 Å². The lowest BCUT2D eigenvalue weighted by atomic mass is 9.95. The van der Waals surface area contributed by atoms with E-state index in [1.54, 1.807) is 28.0 Å². The van der Waals surface area contributed by atoms with E-state index in [9.17, 15) is 9.59 Å². The third-order valence-electron chi connectivity index (χ3n) is 4.71. The predicted molar refractivity (Wildman–Crippen MR) is 106 cm³/mol. The summed E-state index contributed by atoms with van der Waals surface area (Å²) in [7, 11) is 0. The van der Waals surface area contributed by atoms with E-state index >= 15 is 0 Å². The number of ether oxygens (including phenoxy) is 1. The molecule has 0 atom stereocenters. The summed E-state index contributed by atoms with van der Waals surface area (Å²) >= 11 is 6.13. The molecule has 0 saturated carbocycles. The smallest absolute Gasteiger partial charge is 0.255 e. The minimum Gasteiger partial charge on any atom is -0.477 e. The normalized spacial score (nSPS) is 14.8. The van der Waals surface area contributed by atoms with Crippen molar-refractivity contribution in [3.63, 3.8) is 0 Å². The van der Waals surface area contributed by atoms with Crippen LogP contribution in [0.3, 0.4) is 0 Å². The highest BCUT2D eigenvalue weighted by atomic mass is 35.5. The van der Waals surface area contributed by atoms with Crippen molar-refractivity contribution in [2.75, 3.05) is 25.0 Å². The highest BCUT2D eigenvalue weighted by Crippen LogP contribution is 2.25. The van der Waals surface area contributed by atoms with E-state index in [-0.39, 0.29) is 17.7 Å². The van der Waals surface area contributed by atoms with Crippen LogP contribution in [0.4, 0.5) is 5.69 Å². The summed E-state index contributed by atoms with van der Waals surface area (Å²) in [5.74, 6) is 0.0209. The topological polar surface area (TPSA) is 89.3 Å². The first-order chi connectivity index (χ1) is 13.5. The maximum absolute atomic E-state index is 12.7. The van der Waals surface area contributed by atoms with Crippen LogP contribution in [0.15, 0.2) is 24.7 Å². The van der Waals surface area contributed by atoms with Gasteiger partial charge in [0.1, 0.15) is 5.02 Å². The lowest BCUT2D eigenvalue weighted by molar-refractivity contribution is -0.121. The lowest BCUT2D eigenvalue weighted by Gasteiger charge is -2.31. The summed E-state index contributed by atoms with van der Waals surface area (Å²) in [4.78, 5) is 31.0. The molecule has 0 aliphatic carbocycles. The number of hydrogen-bond donors (Lipinski definition) is 1. The molecule has 2 amide bonds. The zero-order valence-corrected chi connectivity index (χ0v) is 16.8. The summed E-state index contributed by atoms with van der Waals surface area (Å²) in [6.45, 7) is 6.05. The van der Waals surface area contributed by atoms with Crippen molar-refractivity contribution in [2.45, 2.75) is 33.2 Å². The van der Waals surface area contributed by atoms with Crippen molar-refractivity contribution in [2.24, 2.45) is 5.92 Å². The Balaban J connectivity index is 1.55. The van der Waals surface area contributed by atoms with Crippen LogP contribution >= 0.6 is 11.6 Å². The van der Waals surface area contributed by atoms with Gasteiger partial charge in [-0.25, -0.2) is 4.98 Å². The fourth-order valence-corrected chi connectivity index (χ4v) is 3.38. The number of aromatic nitrogens is 3. The van der Waals surface area contributed by atoms with Gasteiger partial charge in [0, 0.05) is 37.9 Å². The van der Waals surface area contributed by atoms with Gasteiger partial charge in [-0.3, -0.25) is 14.3 Å². The summed E-state index contributed by atoms with van der Waals surface area (Å²) in [5, 5.41) is 7.37. The molecule has 1 saturated heterocycles. The van der Waals surface area contributed by atoms with Crippen LogP contribution in [0, 0.1) is 5.92 Å². The number of aryl methyl sites for hydroxylation is 1. The minimum atomic E-state index is -0.138. The van der Waals surface area contributed by atoms with Gasteiger partial charge in [0.05, 0.1) is 24.1 Å². The molecule has 3 rings (SSSR count). The van der Waals surface area contributed by atoms with Crippen molar-refractivity contribution in [1.82, 2.24) is 19.7 Å². The standard InChI is InChI=1S/C19H24ClN5O3/c1-3-25-12-15(11-22-25)23-17(26)13-5-7-24(8-6-13)19(27)14-9-16(20)18(21-10-14)28-4-2/h9-13H,3-8H2,1-2H3,(H,23,26). The molecule has 0 radical (unpaired) electrons. The van der Waals surface area contributed by atoms with Gasteiger partial charge in [0.15, 0.2) is 0 Å². The number of nitrogens with zero attached hydrogens (tertiary/aromatic N) is 4. The van der Waals surface area contributed by atoms with Crippen molar-refractivity contribution in [1.29, 1.82) is 0 Å². The number of pyridine rings is 1. The molecule has 3 heterocycles. The monoisotopic (exact) mass is 405 g/mol.